The van der Waals surface area contributed by atoms with Crippen molar-refractivity contribution in [2.75, 3.05) is 20.2 Å². The monoisotopic (exact) mass is 576 g/mol. The van der Waals surface area contributed by atoms with Crippen LogP contribution in [0.25, 0.3) is 0 Å². The number of hydrogen-bond donors (Lipinski definition) is 1. The van der Waals surface area contributed by atoms with Gasteiger partial charge in [0.15, 0.2) is 11.6 Å². The molecule has 40 heavy (non-hydrogen) atoms. The first-order chi connectivity index (χ1) is 18.6. The topological polar surface area (TPSA) is 41.6 Å². The third kappa shape index (κ3) is 5.54. The number of urea groups is 1. The van der Waals surface area contributed by atoms with E-state index < -0.39 is 77.6 Å². The number of halogens is 9. The van der Waals surface area contributed by atoms with Crippen LogP contribution >= 0.6 is 0 Å². The van der Waals surface area contributed by atoms with Crippen molar-refractivity contribution in [1.29, 1.82) is 0 Å². The van der Waals surface area contributed by atoms with Gasteiger partial charge in [0, 0.05) is 6.42 Å². The highest BCUT2D eigenvalue weighted by molar-refractivity contribution is 5.77. The maximum Gasteiger partial charge on any atom is 0.416 e. The minimum atomic E-state index is -5.04. The molecule has 0 bridgehead atoms. The molecule has 1 fully saturated rings. The zero-order chi connectivity index (χ0) is 29.5. The van der Waals surface area contributed by atoms with Gasteiger partial charge in [0.25, 0.3) is 0 Å². The number of likely N-dealkylation sites (tertiary alicyclic amines) is 1. The van der Waals surface area contributed by atoms with E-state index in [2.05, 4.69) is 5.32 Å². The molecule has 13 heteroatoms. The van der Waals surface area contributed by atoms with E-state index in [-0.39, 0.29) is 16.5 Å². The first-order valence-corrected chi connectivity index (χ1v) is 11.7. The summed E-state index contributed by atoms with van der Waals surface area (Å²) in [6.45, 7) is -3.37. The summed E-state index contributed by atoms with van der Waals surface area (Å²) in [5.41, 5.74) is -3.94. The van der Waals surface area contributed by atoms with E-state index in [0.29, 0.717) is 17.7 Å². The van der Waals surface area contributed by atoms with Crippen LogP contribution in [0.2, 0.25) is 0 Å². The third-order valence-corrected chi connectivity index (χ3v) is 6.60. The summed E-state index contributed by atoms with van der Waals surface area (Å²) in [5.74, 6) is -11.8. The number of carbonyl (C=O) groups excluding carboxylic acids is 1. The summed E-state index contributed by atoms with van der Waals surface area (Å²) < 4.78 is 131. The number of carbonyl (C=O) groups is 1. The van der Waals surface area contributed by atoms with Crippen molar-refractivity contribution in [1.82, 2.24) is 10.2 Å². The normalized spacial score (nSPS) is 17.8. The molecule has 4 nitrogen and oxygen atoms in total. The van der Waals surface area contributed by atoms with Gasteiger partial charge >= 0.3 is 24.1 Å². The molecule has 1 aliphatic rings. The second-order valence-electron chi connectivity index (χ2n) is 9.34. The van der Waals surface area contributed by atoms with Crippen LogP contribution < -0.4 is 10.1 Å². The van der Waals surface area contributed by atoms with Gasteiger partial charge in [-0.15, -0.1) is 0 Å². The van der Waals surface area contributed by atoms with Gasteiger partial charge in [-0.2, -0.15) is 30.7 Å². The highest BCUT2D eigenvalue weighted by Crippen LogP contribution is 2.43. The minimum absolute atomic E-state index is 0.116. The summed E-state index contributed by atoms with van der Waals surface area (Å²) in [6, 6.07) is 10.7. The van der Waals surface area contributed by atoms with Crippen molar-refractivity contribution in [3.63, 3.8) is 0 Å². The average molecular weight is 576 g/mol. The van der Waals surface area contributed by atoms with Gasteiger partial charge in [-0.1, -0.05) is 36.4 Å². The molecule has 3 aromatic rings. The summed E-state index contributed by atoms with van der Waals surface area (Å²) in [7, 11) is 1.10. The van der Waals surface area contributed by atoms with Crippen molar-refractivity contribution in [2.45, 2.75) is 30.0 Å². The van der Waals surface area contributed by atoms with Crippen molar-refractivity contribution >= 4 is 6.03 Å². The highest BCUT2D eigenvalue weighted by atomic mass is 19.4. The molecule has 0 aliphatic carbocycles. The Balaban J connectivity index is 1.97. The van der Waals surface area contributed by atoms with Gasteiger partial charge < -0.3 is 15.0 Å². The Bertz CT molecular complexity index is 1380. The molecule has 1 saturated heterocycles. The molecule has 0 aromatic heterocycles. The standard InChI is InChI=1S/C27H21F9N2O2/c1-40-22-12-17(7-8-21(22)29)24(13-16-5-3-2-4-6-16,18-9-19(27(34,35)36)11-20(28)10-18)37-23(39)38-14-25(30,31)26(32,33)15-38/h2-12H,13-15H2,1H3,(H,37,39)/t24-/m1/s1. The Morgan fingerprint density at radius 3 is 2.05 bits per heavy atom. The first kappa shape index (κ1) is 29.1. The molecule has 1 N–H and O–H groups in total. The van der Waals surface area contributed by atoms with Crippen molar-refractivity contribution in [3.8, 4) is 5.75 Å². The number of nitrogens with zero attached hydrogens (tertiary/aromatic N) is 1. The van der Waals surface area contributed by atoms with Crippen molar-refractivity contribution < 1.29 is 49.0 Å². The fourth-order valence-corrected chi connectivity index (χ4v) is 4.56. The molecule has 214 valence electrons. The predicted molar refractivity (Wildman–Crippen MR) is 125 cm³/mol. The summed E-state index contributed by atoms with van der Waals surface area (Å²) in [4.78, 5) is 13.4. The molecular formula is C27H21F9N2O2. The molecule has 1 atom stereocenters. The largest absolute Gasteiger partial charge is 0.494 e. The number of benzene rings is 3. The van der Waals surface area contributed by atoms with Crippen LogP contribution in [0.4, 0.5) is 44.3 Å². The number of amides is 2. The van der Waals surface area contributed by atoms with Crippen LogP contribution in [-0.2, 0) is 18.1 Å². The Labute approximate surface area is 222 Å². The molecule has 0 radical (unpaired) electrons. The third-order valence-electron chi connectivity index (χ3n) is 6.60. The van der Waals surface area contributed by atoms with Crippen LogP contribution in [0.3, 0.4) is 0 Å². The molecule has 0 unspecified atom stereocenters. The first-order valence-electron chi connectivity index (χ1n) is 11.7. The molecule has 1 heterocycles. The highest BCUT2D eigenvalue weighted by Gasteiger charge is 2.64. The Morgan fingerprint density at radius 1 is 0.875 bits per heavy atom. The van der Waals surface area contributed by atoms with E-state index in [1.807, 2.05) is 0 Å². The average Bonchev–Trinajstić information content (AvgIpc) is 3.10. The van der Waals surface area contributed by atoms with Crippen LogP contribution in [0.1, 0.15) is 22.3 Å². The quantitative estimate of drug-likeness (QED) is 0.329. The fraction of sp³-hybridized carbons (Fsp3) is 0.296. The van der Waals surface area contributed by atoms with Gasteiger partial charge in [-0.25, -0.2) is 13.6 Å². The summed E-state index contributed by atoms with van der Waals surface area (Å²) in [5, 5.41) is 2.31. The molecule has 3 aromatic carbocycles. The van der Waals surface area contributed by atoms with Crippen LogP contribution in [0.5, 0.6) is 5.75 Å². The minimum Gasteiger partial charge on any atom is -0.494 e. The second kappa shape index (κ2) is 10.3. The van der Waals surface area contributed by atoms with E-state index >= 15 is 0 Å². The Hall–Kier alpha value is -3.90. The number of methoxy groups -OCH3 is 1. The smallest absolute Gasteiger partial charge is 0.416 e. The second-order valence-corrected chi connectivity index (χ2v) is 9.34. The number of hydrogen-bond acceptors (Lipinski definition) is 2. The maximum atomic E-state index is 14.7. The lowest BCUT2D eigenvalue weighted by atomic mass is 9.77. The van der Waals surface area contributed by atoms with Crippen molar-refractivity contribution in [2.24, 2.45) is 0 Å². The van der Waals surface area contributed by atoms with Crippen LogP contribution in [0.15, 0.2) is 66.7 Å². The van der Waals surface area contributed by atoms with E-state index in [9.17, 15) is 44.3 Å². The maximum absolute atomic E-state index is 14.7. The Kier molecular flexibility index (Phi) is 7.46. The van der Waals surface area contributed by atoms with Gasteiger partial charge in [0.1, 0.15) is 5.82 Å². The number of nitrogens with one attached hydrogen (secondary N) is 1. The van der Waals surface area contributed by atoms with E-state index in [1.165, 1.54) is 12.1 Å². The van der Waals surface area contributed by atoms with Gasteiger partial charge in [0.05, 0.1) is 31.3 Å². The molecule has 2 amide bonds. The van der Waals surface area contributed by atoms with Gasteiger partial charge in [-0.3, -0.25) is 0 Å². The van der Waals surface area contributed by atoms with Gasteiger partial charge in [-0.05, 0) is 47.0 Å². The SMILES string of the molecule is COc1cc([C@@](Cc2ccccc2)(NC(=O)N2CC(F)(F)C(F)(F)C2)c2cc(F)cc(C(F)(F)F)c2)ccc1F. The Morgan fingerprint density at radius 2 is 1.48 bits per heavy atom. The zero-order valence-electron chi connectivity index (χ0n) is 20.6. The van der Waals surface area contributed by atoms with Gasteiger partial charge in [0.2, 0.25) is 0 Å². The lowest BCUT2D eigenvalue weighted by Crippen LogP contribution is -2.53. The number of alkyl halides is 7. The molecule has 1 aliphatic heterocycles. The lowest BCUT2D eigenvalue weighted by Gasteiger charge is -2.38. The zero-order valence-corrected chi connectivity index (χ0v) is 20.6. The molecule has 0 saturated carbocycles. The molecular weight excluding hydrogens is 555 g/mol. The van der Waals surface area contributed by atoms with E-state index in [0.717, 1.165) is 25.3 Å². The fourth-order valence-electron chi connectivity index (χ4n) is 4.56. The van der Waals surface area contributed by atoms with Crippen LogP contribution in [-0.4, -0.2) is 43.0 Å². The van der Waals surface area contributed by atoms with E-state index in [1.54, 1.807) is 18.2 Å². The molecule has 4 rings (SSSR count). The van der Waals surface area contributed by atoms with Crippen LogP contribution in [0, 0.1) is 11.6 Å². The number of ether oxygens (including phenoxy) is 1. The summed E-state index contributed by atoms with van der Waals surface area (Å²) in [6.07, 6.45) is -5.46. The molecule has 0 spiro atoms. The lowest BCUT2D eigenvalue weighted by molar-refractivity contribution is -0.172. The van der Waals surface area contributed by atoms with Crippen molar-refractivity contribution in [3.05, 3.63) is 101 Å². The van der Waals surface area contributed by atoms with E-state index in [4.69, 9.17) is 4.74 Å². The summed E-state index contributed by atoms with van der Waals surface area (Å²) >= 11 is 0. The predicted octanol–water partition coefficient (Wildman–Crippen LogP) is 6.77. The number of rotatable bonds is 6.